The lowest BCUT2D eigenvalue weighted by atomic mass is 9.95. The molecule has 3 amide bonds. The first kappa shape index (κ1) is 20.2. The standard InChI is InChI=1S/C21H29N3O4/c1-16(25)22-11-13-23(14-12-22)21(27)18-5-8-20(26)24(15-18)10-9-17-3-6-19(28-2)7-4-17/h3-4,6-7,18H,5,8-15H2,1-2H3/t18-/m0/s1. The second kappa shape index (κ2) is 9.08. The van der Waals surface area contributed by atoms with Crippen LogP contribution >= 0.6 is 0 Å². The van der Waals surface area contributed by atoms with Gasteiger partial charge in [0.1, 0.15) is 5.75 Å². The summed E-state index contributed by atoms with van der Waals surface area (Å²) in [5, 5.41) is 0. The van der Waals surface area contributed by atoms with E-state index < -0.39 is 0 Å². The molecule has 3 rings (SSSR count). The fraction of sp³-hybridized carbons (Fsp3) is 0.571. The molecule has 152 valence electrons. The number of piperazine rings is 1. The number of methoxy groups -OCH3 is 1. The molecule has 2 aliphatic rings. The van der Waals surface area contributed by atoms with Crippen molar-refractivity contribution in [2.75, 3.05) is 46.4 Å². The van der Waals surface area contributed by atoms with E-state index in [1.165, 1.54) is 0 Å². The van der Waals surface area contributed by atoms with Gasteiger partial charge in [-0.25, -0.2) is 0 Å². The van der Waals surface area contributed by atoms with Crippen molar-refractivity contribution in [2.45, 2.75) is 26.2 Å². The molecule has 2 saturated heterocycles. The molecule has 0 saturated carbocycles. The molecule has 0 aliphatic carbocycles. The highest BCUT2D eigenvalue weighted by atomic mass is 16.5. The summed E-state index contributed by atoms with van der Waals surface area (Å²) in [5.41, 5.74) is 1.14. The van der Waals surface area contributed by atoms with Crippen LogP contribution < -0.4 is 4.74 Å². The predicted molar refractivity (Wildman–Crippen MR) is 105 cm³/mol. The number of nitrogens with zero attached hydrogens (tertiary/aromatic N) is 3. The van der Waals surface area contributed by atoms with Gasteiger partial charge in [-0.15, -0.1) is 0 Å². The molecule has 1 aromatic carbocycles. The summed E-state index contributed by atoms with van der Waals surface area (Å²) in [5.74, 6) is 0.968. The van der Waals surface area contributed by atoms with Crippen LogP contribution in [0.25, 0.3) is 0 Å². The minimum Gasteiger partial charge on any atom is -0.497 e. The number of rotatable bonds is 5. The first-order valence-electron chi connectivity index (χ1n) is 9.93. The third-order valence-corrected chi connectivity index (χ3v) is 5.72. The van der Waals surface area contributed by atoms with Gasteiger partial charge in [-0.05, 0) is 30.5 Å². The molecule has 1 aromatic rings. The van der Waals surface area contributed by atoms with Crippen molar-refractivity contribution in [3.63, 3.8) is 0 Å². The van der Waals surface area contributed by atoms with Crippen molar-refractivity contribution < 1.29 is 19.1 Å². The number of likely N-dealkylation sites (tertiary alicyclic amines) is 1. The summed E-state index contributed by atoms with van der Waals surface area (Å²) in [7, 11) is 1.64. The highest BCUT2D eigenvalue weighted by Crippen LogP contribution is 2.21. The third kappa shape index (κ3) is 4.82. The topological polar surface area (TPSA) is 70.2 Å². The maximum Gasteiger partial charge on any atom is 0.227 e. The Morgan fingerprint density at radius 3 is 2.32 bits per heavy atom. The minimum absolute atomic E-state index is 0.0556. The van der Waals surface area contributed by atoms with Crippen LogP contribution in [-0.2, 0) is 20.8 Å². The van der Waals surface area contributed by atoms with E-state index in [-0.39, 0.29) is 23.6 Å². The first-order valence-corrected chi connectivity index (χ1v) is 9.93. The molecule has 0 spiro atoms. The number of hydrogen-bond acceptors (Lipinski definition) is 4. The lowest BCUT2D eigenvalue weighted by Crippen LogP contribution is -2.54. The van der Waals surface area contributed by atoms with Crippen LogP contribution in [0.15, 0.2) is 24.3 Å². The largest absolute Gasteiger partial charge is 0.497 e. The molecular formula is C21H29N3O4. The van der Waals surface area contributed by atoms with Crippen LogP contribution in [-0.4, -0.2) is 78.8 Å². The summed E-state index contributed by atoms with van der Waals surface area (Å²) in [6.07, 6.45) is 1.80. The van der Waals surface area contributed by atoms with Crippen molar-refractivity contribution in [3.05, 3.63) is 29.8 Å². The quantitative estimate of drug-likeness (QED) is 0.760. The zero-order valence-corrected chi connectivity index (χ0v) is 16.7. The van der Waals surface area contributed by atoms with Crippen LogP contribution in [0.3, 0.4) is 0 Å². The zero-order chi connectivity index (χ0) is 20.1. The molecule has 0 aromatic heterocycles. The Balaban J connectivity index is 1.52. The SMILES string of the molecule is COc1ccc(CCN2C[C@@H](C(=O)N3CCN(C(C)=O)CC3)CCC2=O)cc1. The average Bonchev–Trinajstić information content (AvgIpc) is 2.73. The van der Waals surface area contributed by atoms with Gasteiger partial charge in [0.2, 0.25) is 17.7 Å². The number of piperidine rings is 1. The summed E-state index contributed by atoms with van der Waals surface area (Å²) in [4.78, 5) is 42.1. The fourth-order valence-electron chi connectivity index (χ4n) is 3.89. The first-order chi connectivity index (χ1) is 13.5. The summed E-state index contributed by atoms with van der Waals surface area (Å²) in [6, 6.07) is 7.84. The molecule has 0 bridgehead atoms. The van der Waals surface area contributed by atoms with Crippen LogP contribution in [0, 0.1) is 5.92 Å². The normalized spacial score (nSPS) is 20.3. The number of carbonyl (C=O) groups is 3. The van der Waals surface area contributed by atoms with E-state index in [9.17, 15) is 14.4 Å². The second-order valence-corrected chi connectivity index (χ2v) is 7.50. The van der Waals surface area contributed by atoms with Crippen LogP contribution in [0.1, 0.15) is 25.3 Å². The smallest absolute Gasteiger partial charge is 0.227 e. The average molecular weight is 387 g/mol. The molecule has 2 fully saturated rings. The Morgan fingerprint density at radius 1 is 1.07 bits per heavy atom. The van der Waals surface area contributed by atoms with E-state index in [1.54, 1.807) is 18.9 Å². The maximum atomic E-state index is 12.9. The molecule has 7 nitrogen and oxygen atoms in total. The number of hydrogen-bond donors (Lipinski definition) is 0. The molecule has 1 atom stereocenters. The summed E-state index contributed by atoms with van der Waals surface area (Å²) >= 11 is 0. The van der Waals surface area contributed by atoms with Crippen LogP contribution in [0.5, 0.6) is 5.75 Å². The maximum absolute atomic E-state index is 12.9. The van der Waals surface area contributed by atoms with Crippen molar-refractivity contribution in [1.29, 1.82) is 0 Å². The molecule has 28 heavy (non-hydrogen) atoms. The van der Waals surface area contributed by atoms with E-state index in [1.807, 2.05) is 34.1 Å². The highest BCUT2D eigenvalue weighted by molar-refractivity contribution is 5.84. The highest BCUT2D eigenvalue weighted by Gasteiger charge is 2.33. The van der Waals surface area contributed by atoms with Gasteiger partial charge in [-0.3, -0.25) is 14.4 Å². The van der Waals surface area contributed by atoms with Crippen molar-refractivity contribution in [1.82, 2.24) is 14.7 Å². The molecular weight excluding hydrogens is 358 g/mol. The lowest BCUT2D eigenvalue weighted by molar-refractivity contribution is -0.146. The predicted octanol–water partition coefficient (Wildman–Crippen LogP) is 1.17. The Kier molecular flexibility index (Phi) is 6.54. The van der Waals surface area contributed by atoms with Crippen LogP contribution in [0.2, 0.25) is 0 Å². The van der Waals surface area contributed by atoms with E-state index in [4.69, 9.17) is 4.74 Å². The monoisotopic (exact) mass is 387 g/mol. The van der Waals surface area contributed by atoms with Gasteiger partial charge in [-0.1, -0.05) is 12.1 Å². The number of carbonyl (C=O) groups excluding carboxylic acids is 3. The van der Waals surface area contributed by atoms with E-state index in [2.05, 4.69) is 0 Å². The van der Waals surface area contributed by atoms with Gasteiger partial charge >= 0.3 is 0 Å². The lowest BCUT2D eigenvalue weighted by Gasteiger charge is -2.38. The molecule has 2 heterocycles. The van der Waals surface area contributed by atoms with Crippen LogP contribution in [0.4, 0.5) is 0 Å². The van der Waals surface area contributed by atoms with Gasteiger partial charge in [0, 0.05) is 52.6 Å². The molecule has 0 N–H and O–H groups in total. The fourth-order valence-corrected chi connectivity index (χ4v) is 3.89. The third-order valence-electron chi connectivity index (χ3n) is 5.72. The van der Waals surface area contributed by atoms with Gasteiger partial charge in [0.15, 0.2) is 0 Å². The van der Waals surface area contributed by atoms with E-state index >= 15 is 0 Å². The molecule has 2 aliphatic heterocycles. The minimum atomic E-state index is -0.141. The van der Waals surface area contributed by atoms with Gasteiger partial charge in [0.05, 0.1) is 13.0 Å². The number of amides is 3. The van der Waals surface area contributed by atoms with Gasteiger partial charge in [-0.2, -0.15) is 0 Å². The van der Waals surface area contributed by atoms with Gasteiger partial charge in [0.25, 0.3) is 0 Å². The number of benzene rings is 1. The van der Waals surface area contributed by atoms with Crippen molar-refractivity contribution in [2.24, 2.45) is 5.92 Å². The molecule has 0 radical (unpaired) electrons. The van der Waals surface area contributed by atoms with Crippen molar-refractivity contribution in [3.8, 4) is 5.75 Å². The summed E-state index contributed by atoms with van der Waals surface area (Å²) < 4.78 is 5.17. The Morgan fingerprint density at radius 2 is 1.71 bits per heavy atom. The Labute approximate surface area is 166 Å². The number of ether oxygens (including phenoxy) is 1. The second-order valence-electron chi connectivity index (χ2n) is 7.50. The molecule has 0 unspecified atom stereocenters. The zero-order valence-electron chi connectivity index (χ0n) is 16.7. The Hall–Kier alpha value is -2.57. The van der Waals surface area contributed by atoms with Gasteiger partial charge < -0.3 is 19.4 Å². The van der Waals surface area contributed by atoms with E-state index in [0.717, 1.165) is 17.7 Å². The Bertz CT molecular complexity index is 711. The summed E-state index contributed by atoms with van der Waals surface area (Å²) in [6.45, 7) is 5.00. The van der Waals surface area contributed by atoms with Crippen molar-refractivity contribution >= 4 is 17.7 Å². The van der Waals surface area contributed by atoms with E-state index in [0.29, 0.717) is 52.1 Å². The molecule has 7 heteroatoms.